The Bertz CT molecular complexity index is 810. The minimum atomic E-state index is -4.51. The van der Waals surface area contributed by atoms with Gasteiger partial charge >= 0.3 is 12.2 Å². The van der Waals surface area contributed by atoms with Crippen LogP contribution in [0.15, 0.2) is 54.6 Å². The second-order valence-corrected chi connectivity index (χ2v) is 7.43. The van der Waals surface area contributed by atoms with Crippen LogP contribution in [-0.2, 0) is 12.6 Å². The van der Waals surface area contributed by atoms with Crippen LogP contribution in [0.5, 0.6) is 0 Å². The van der Waals surface area contributed by atoms with Gasteiger partial charge in [0.2, 0.25) is 0 Å². The molecule has 7 heteroatoms. The molecule has 29 heavy (non-hydrogen) atoms. The average Bonchev–Trinajstić information content (AvgIpc) is 2.72. The molecule has 0 radical (unpaired) electrons. The highest BCUT2D eigenvalue weighted by molar-refractivity contribution is 5.90. The van der Waals surface area contributed by atoms with E-state index in [9.17, 15) is 18.0 Å². The molecule has 3 rings (SSSR count). The third kappa shape index (κ3) is 5.73. The van der Waals surface area contributed by atoms with Crippen molar-refractivity contribution >= 4 is 11.7 Å². The quantitative estimate of drug-likeness (QED) is 0.770. The lowest BCUT2D eigenvalue weighted by molar-refractivity contribution is -0.136. The first-order valence-electron chi connectivity index (χ1n) is 9.81. The van der Waals surface area contributed by atoms with Crippen molar-refractivity contribution in [2.24, 2.45) is 0 Å². The first kappa shape index (κ1) is 21.2. The van der Waals surface area contributed by atoms with E-state index < -0.39 is 17.8 Å². The zero-order valence-corrected chi connectivity index (χ0v) is 16.5. The second kappa shape index (κ2) is 9.31. The number of para-hydroxylation sites is 1. The molecule has 1 atom stereocenters. The molecule has 0 saturated carbocycles. The number of benzene rings is 2. The number of nitrogens with zero attached hydrogens (tertiary/aromatic N) is 2. The fourth-order valence-electron chi connectivity index (χ4n) is 3.67. The summed E-state index contributed by atoms with van der Waals surface area (Å²) in [6.45, 7) is 1.91. The molecule has 1 aliphatic heterocycles. The second-order valence-electron chi connectivity index (χ2n) is 7.43. The van der Waals surface area contributed by atoms with Gasteiger partial charge in [0.15, 0.2) is 0 Å². The Morgan fingerprint density at radius 2 is 1.83 bits per heavy atom. The van der Waals surface area contributed by atoms with Gasteiger partial charge in [-0.3, -0.25) is 0 Å². The van der Waals surface area contributed by atoms with Gasteiger partial charge in [0.25, 0.3) is 0 Å². The van der Waals surface area contributed by atoms with Crippen LogP contribution in [0.2, 0.25) is 0 Å². The molecule has 0 aliphatic carbocycles. The predicted molar refractivity (Wildman–Crippen MR) is 108 cm³/mol. The third-order valence-corrected chi connectivity index (χ3v) is 5.38. The van der Waals surface area contributed by atoms with Crippen LogP contribution >= 0.6 is 0 Å². The number of likely N-dealkylation sites (tertiary alicyclic amines) is 1. The minimum Gasteiger partial charge on any atom is -0.323 e. The number of carbonyl (C=O) groups is 1. The van der Waals surface area contributed by atoms with E-state index in [1.807, 2.05) is 25.2 Å². The van der Waals surface area contributed by atoms with Gasteiger partial charge in [0, 0.05) is 25.7 Å². The first-order chi connectivity index (χ1) is 13.8. The van der Waals surface area contributed by atoms with E-state index >= 15 is 0 Å². The van der Waals surface area contributed by atoms with Crippen molar-refractivity contribution in [2.45, 2.75) is 31.5 Å². The number of likely N-dealkylation sites (N-methyl/N-ethyl adjacent to an activating group) is 1. The summed E-state index contributed by atoms with van der Waals surface area (Å²) in [6.07, 6.45) is -1.80. The molecule has 2 aromatic rings. The van der Waals surface area contributed by atoms with Gasteiger partial charge in [0.05, 0.1) is 11.3 Å². The molecular weight excluding hydrogens is 379 g/mol. The summed E-state index contributed by atoms with van der Waals surface area (Å²) >= 11 is 0. The molecule has 1 aliphatic rings. The number of hydrogen-bond donors (Lipinski definition) is 1. The Morgan fingerprint density at radius 3 is 2.55 bits per heavy atom. The zero-order valence-electron chi connectivity index (χ0n) is 16.5. The SMILES string of the molecule is CN(CCc1ccccc1)C1CCCN(C(=O)Nc2ccccc2C(F)(F)F)C1. The summed E-state index contributed by atoms with van der Waals surface area (Å²) in [6, 6.07) is 15.0. The molecule has 4 nitrogen and oxygen atoms in total. The number of carbonyl (C=O) groups excluding carboxylic acids is 1. The van der Waals surface area contributed by atoms with Crippen LogP contribution < -0.4 is 5.32 Å². The predicted octanol–water partition coefficient (Wildman–Crippen LogP) is 4.88. The highest BCUT2D eigenvalue weighted by Gasteiger charge is 2.34. The molecule has 0 aromatic heterocycles. The maximum absolute atomic E-state index is 13.2. The van der Waals surface area contributed by atoms with Crippen LogP contribution in [0.1, 0.15) is 24.0 Å². The van der Waals surface area contributed by atoms with Crippen molar-refractivity contribution in [2.75, 3.05) is 32.0 Å². The average molecular weight is 405 g/mol. The molecule has 2 aromatic carbocycles. The number of nitrogens with one attached hydrogen (secondary N) is 1. The van der Waals surface area contributed by atoms with Crippen LogP contribution in [-0.4, -0.2) is 48.6 Å². The van der Waals surface area contributed by atoms with Crippen LogP contribution in [0.4, 0.5) is 23.7 Å². The number of rotatable bonds is 5. The zero-order chi connectivity index (χ0) is 20.9. The first-order valence-corrected chi connectivity index (χ1v) is 9.81. The molecule has 1 fully saturated rings. The van der Waals surface area contributed by atoms with Crippen molar-refractivity contribution in [3.8, 4) is 0 Å². The normalized spacial score (nSPS) is 17.4. The van der Waals surface area contributed by atoms with E-state index in [2.05, 4.69) is 22.3 Å². The Balaban J connectivity index is 1.58. The van der Waals surface area contributed by atoms with E-state index in [1.165, 1.54) is 23.8 Å². The number of halogens is 3. The maximum atomic E-state index is 13.2. The summed E-state index contributed by atoms with van der Waals surface area (Å²) in [7, 11) is 2.04. The summed E-state index contributed by atoms with van der Waals surface area (Å²) in [5.74, 6) is 0. The molecule has 1 heterocycles. The van der Waals surface area contributed by atoms with E-state index in [4.69, 9.17) is 0 Å². The van der Waals surface area contributed by atoms with Crippen LogP contribution in [0, 0.1) is 0 Å². The molecule has 2 amide bonds. The van der Waals surface area contributed by atoms with Gasteiger partial charge < -0.3 is 15.1 Å². The Hall–Kier alpha value is -2.54. The number of anilines is 1. The van der Waals surface area contributed by atoms with E-state index in [1.54, 1.807) is 4.90 Å². The third-order valence-electron chi connectivity index (χ3n) is 5.38. The summed E-state index contributed by atoms with van der Waals surface area (Å²) < 4.78 is 39.5. The number of alkyl halides is 3. The topological polar surface area (TPSA) is 35.6 Å². The summed E-state index contributed by atoms with van der Waals surface area (Å²) in [5.41, 5.74) is 0.222. The fraction of sp³-hybridized carbons (Fsp3) is 0.409. The van der Waals surface area contributed by atoms with Crippen molar-refractivity contribution < 1.29 is 18.0 Å². The Labute approximate surface area is 169 Å². The number of amides is 2. The summed E-state index contributed by atoms with van der Waals surface area (Å²) in [5, 5.41) is 2.45. The van der Waals surface area contributed by atoms with Crippen molar-refractivity contribution in [1.82, 2.24) is 9.80 Å². The molecule has 156 valence electrons. The van der Waals surface area contributed by atoms with Gasteiger partial charge in [-0.15, -0.1) is 0 Å². The minimum absolute atomic E-state index is 0.191. The van der Waals surface area contributed by atoms with Gasteiger partial charge in [0.1, 0.15) is 0 Å². The van der Waals surface area contributed by atoms with Gasteiger partial charge in [-0.2, -0.15) is 13.2 Å². The van der Waals surface area contributed by atoms with Crippen molar-refractivity contribution in [3.05, 3.63) is 65.7 Å². The fourth-order valence-corrected chi connectivity index (χ4v) is 3.67. The molecule has 0 spiro atoms. The number of piperidine rings is 1. The van der Waals surface area contributed by atoms with Gasteiger partial charge in [-0.25, -0.2) is 4.79 Å². The molecule has 1 saturated heterocycles. The molecule has 1 unspecified atom stereocenters. The van der Waals surface area contributed by atoms with Crippen molar-refractivity contribution in [1.29, 1.82) is 0 Å². The van der Waals surface area contributed by atoms with Gasteiger partial charge in [-0.05, 0) is 44.0 Å². The molecule has 1 N–H and O–H groups in total. The highest BCUT2D eigenvalue weighted by atomic mass is 19.4. The van der Waals surface area contributed by atoms with Gasteiger partial charge in [-0.1, -0.05) is 42.5 Å². The lowest BCUT2D eigenvalue weighted by Gasteiger charge is -2.37. The van der Waals surface area contributed by atoms with E-state index in [0.717, 1.165) is 31.9 Å². The lowest BCUT2D eigenvalue weighted by atomic mass is 10.0. The molecular formula is C22H26F3N3O. The number of urea groups is 1. The van der Waals surface area contributed by atoms with E-state index in [-0.39, 0.29) is 11.7 Å². The van der Waals surface area contributed by atoms with Crippen LogP contribution in [0.25, 0.3) is 0 Å². The maximum Gasteiger partial charge on any atom is 0.418 e. The summed E-state index contributed by atoms with van der Waals surface area (Å²) in [4.78, 5) is 16.5. The Morgan fingerprint density at radius 1 is 1.14 bits per heavy atom. The highest BCUT2D eigenvalue weighted by Crippen LogP contribution is 2.34. The lowest BCUT2D eigenvalue weighted by Crippen LogP contribution is -2.50. The van der Waals surface area contributed by atoms with Crippen molar-refractivity contribution in [3.63, 3.8) is 0 Å². The molecule has 0 bridgehead atoms. The number of hydrogen-bond acceptors (Lipinski definition) is 2. The van der Waals surface area contributed by atoms with Crippen LogP contribution in [0.3, 0.4) is 0 Å². The largest absolute Gasteiger partial charge is 0.418 e. The Kier molecular flexibility index (Phi) is 6.79. The van der Waals surface area contributed by atoms with E-state index in [0.29, 0.717) is 13.1 Å². The smallest absolute Gasteiger partial charge is 0.323 e. The standard InChI is InChI=1S/C22H26F3N3O/c1-27(15-13-17-8-3-2-4-9-17)18-10-7-14-28(16-18)21(29)26-20-12-6-5-11-19(20)22(23,24)25/h2-6,8-9,11-12,18H,7,10,13-16H2,1H3,(H,26,29). The monoisotopic (exact) mass is 405 g/mol.